The highest BCUT2D eigenvalue weighted by Crippen LogP contribution is 2.33. The molecule has 0 unspecified atom stereocenters. The molecule has 0 saturated carbocycles. The van der Waals surface area contributed by atoms with E-state index in [9.17, 15) is 0 Å². The Kier molecular flexibility index (Phi) is 4.91. The van der Waals surface area contributed by atoms with Gasteiger partial charge in [-0.05, 0) is 36.7 Å². The van der Waals surface area contributed by atoms with Gasteiger partial charge in [0.05, 0.1) is 7.11 Å². The summed E-state index contributed by atoms with van der Waals surface area (Å²) in [5.41, 5.74) is 1.34. The molecule has 4 nitrogen and oxygen atoms in total. The molecule has 0 bridgehead atoms. The van der Waals surface area contributed by atoms with Gasteiger partial charge in [-0.3, -0.25) is 0 Å². The van der Waals surface area contributed by atoms with Crippen LogP contribution in [0, 0.1) is 0 Å². The molecule has 1 aliphatic rings. The van der Waals surface area contributed by atoms with Crippen molar-refractivity contribution in [2.75, 3.05) is 38.6 Å². The van der Waals surface area contributed by atoms with E-state index in [1.165, 1.54) is 12.0 Å². The third-order valence-corrected chi connectivity index (χ3v) is 4.25. The first-order valence-electron chi connectivity index (χ1n) is 7.87. The van der Waals surface area contributed by atoms with Gasteiger partial charge in [0.1, 0.15) is 11.6 Å². The van der Waals surface area contributed by atoms with Crippen LogP contribution in [-0.4, -0.2) is 43.2 Å². The van der Waals surface area contributed by atoms with Gasteiger partial charge in [0, 0.05) is 31.7 Å². The van der Waals surface area contributed by atoms with E-state index in [-0.39, 0.29) is 0 Å². The third-order valence-electron chi connectivity index (χ3n) is 4.25. The maximum atomic E-state index is 5.49. The summed E-state index contributed by atoms with van der Waals surface area (Å²) < 4.78 is 5.49. The lowest BCUT2D eigenvalue weighted by molar-refractivity contribution is 0.345. The van der Waals surface area contributed by atoms with Gasteiger partial charge < -0.3 is 15.0 Å². The van der Waals surface area contributed by atoms with Crippen molar-refractivity contribution in [1.82, 2.24) is 9.88 Å². The van der Waals surface area contributed by atoms with Crippen LogP contribution in [0.4, 0.5) is 5.82 Å². The normalized spacial score (nSPS) is 18.3. The van der Waals surface area contributed by atoms with Gasteiger partial charge in [-0.1, -0.05) is 24.3 Å². The van der Waals surface area contributed by atoms with Crippen LogP contribution in [0.5, 0.6) is 5.75 Å². The molecule has 0 radical (unpaired) electrons. The number of ether oxygens (including phenoxy) is 1. The van der Waals surface area contributed by atoms with Crippen LogP contribution in [0.15, 0.2) is 48.7 Å². The van der Waals surface area contributed by atoms with Gasteiger partial charge in [0.25, 0.3) is 0 Å². The molecule has 0 amide bonds. The minimum Gasteiger partial charge on any atom is -0.496 e. The summed E-state index contributed by atoms with van der Waals surface area (Å²) in [4.78, 5) is 6.79. The van der Waals surface area contributed by atoms with Gasteiger partial charge >= 0.3 is 0 Å². The van der Waals surface area contributed by atoms with Crippen LogP contribution >= 0.6 is 0 Å². The second kappa shape index (κ2) is 7.27. The topological polar surface area (TPSA) is 37.4 Å². The average Bonchev–Trinajstić information content (AvgIpc) is 3.04. The van der Waals surface area contributed by atoms with E-state index in [4.69, 9.17) is 4.74 Å². The molecular weight excluding hydrogens is 274 g/mol. The SMILES string of the molecule is COc1ccccc1[C@H]1CCN(CCNc2ccccn2)C1. The number of likely N-dealkylation sites (tertiary alicyclic amines) is 1. The first-order chi connectivity index (χ1) is 10.9. The van der Waals surface area contributed by atoms with Crippen molar-refractivity contribution < 1.29 is 4.74 Å². The fourth-order valence-corrected chi connectivity index (χ4v) is 3.10. The molecule has 2 heterocycles. The maximum Gasteiger partial charge on any atom is 0.125 e. The summed E-state index contributed by atoms with van der Waals surface area (Å²) >= 11 is 0. The molecule has 1 saturated heterocycles. The first kappa shape index (κ1) is 14.9. The second-order valence-electron chi connectivity index (χ2n) is 5.67. The highest BCUT2D eigenvalue weighted by molar-refractivity contribution is 5.37. The second-order valence-corrected chi connectivity index (χ2v) is 5.67. The molecule has 1 fully saturated rings. The lowest BCUT2D eigenvalue weighted by atomic mass is 9.97. The molecule has 0 spiro atoms. The molecular formula is C18H23N3O. The molecule has 1 aromatic heterocycles. The van der Waals surface area contributed by atoms with Crippen molar-refractivity contribution in [2.45, 2.75) is 12.3 Å². The summed E-state index contributed by atoms with van der Waals surface area (Å²) in [6.45, 7) is 4.22. The van der Waals surface area contributed by atoms with E-state index in [0.29, 0.717) is 5.92 Å². The first-order valence-corrected chi connectivity index (χ1v) is 7.87. The molecule has 116 valence electrons. The number of nitrogens with one attached hydrogen (secondary N) is 1. The number of hydrogen-bond donors (Lipinski definition) is 1. The van der Waals surface area contributed by atoms with E-state index < -0.39 is 0 Å². The molecule has 4 heteroatoms. The smallest absolute Gasteiger partial charge is 0.125 e. The van der Waals surface area contributed by atoms with Gasteiger partial charge in [-0.2, -0.15) is 0 Å². The highest BCUT2D eigenvalue weighted by Gasteiger charge is 2.25. The molecule has 2 aromatic rings. The summed E-state index contributed by atoms with van der Waals surface area (Å²) in [6, 6.07) is 14.3. The predicted molar refractivity (Wildman–Crippen MR) is 89.5 cm³/mol. The number of aromatic nitrogens is 1. The molecule has 3 rings (SSSR count). The third kappa shape index (κ3) is 3.57. The number of pyridine rings is 1. The summed E-state index contributed by atoms with van der Waals surface area (Å²) in [6.07, 6.45) is 3.01. The maximum absolute atomic E-state index is 5.49. The Morgan fingerprint density at radius 1 is 1.23 bits per heavy atom. The van der Waals surface area contributed by atoms with Gasteiger partial charge in [0.15, 0.2) is 0 Å². The van der Waals surface area contributed by atoms with Crippen LogP contribution in [0.2, 0.25) is 0 Å². The van der Waals surface area contributed by atoms with Gasteiger partial charge in [0.2, 0.25) is 0 Å². The Morgan fingerprint density at radius 2 is 2.09 bits per heavy atom. The Morgan fingerprint density at radius 3 is 2.91 bits per heavy atom. The number of hydrogen-bond acceptors (Lipinski definition) is 4. The van der Waals surface area contributed by atoms with Crippen molar-refractivity contribution in [3.8, 4) is 5.75 Å². The quantitative estimate of drug-likeness (QED) is 0.889. The van der Waals surface area contributed by atoms with Crippen LogP contribution in [0.1, 0.15) is 17.9 Å². The highest BCUT2D eigenvalue weighted by atomic mass is 16.5. The zero-order valence-corrected chi connectivity index (χ0v) is 13.0. The largest absolute Gasteiger partial charge is 0.496 e. The molecule has 1 N–H and O–H groups in total. The van der Waals surface area contributed by atoms with E-state index in [1.807, 2.05) is 30.5 Å². The standard InChI is InChI=1S/C18H23N3O/c1-22-17-7-3-2-6-16(17)15-9-12-21(14-15)13-11-20-18-8-4-5-10-19-18/h2-8,10,15H,9,11-14H2,1H3,(H,19,20)/t15-/m0/s1. The summed E-state index contributed by atoms with van der Waals surface area (Å²) in [5, 5.41) is 3.37. The van der Waals surface area contributed by atoms with Gasteiger partial charge in [-0.15, -0.1) is 0 Å². The fraction of sp³-hybridized carbons (Fsp3) is 0.389. The minimum absolute atomic E-state index is 0.575. The number of benzene rings is 1. The Hall–Kier alpha value is -2.07. The number of anilines is 1. The van der Waals surface area contributed by atoms with Crippen molar-refractivity contribution in [3.05, 3.63) is 54.2 Å². The number of methoxy groups -OCH3 is 1. The van der Waals surface area contributed by atoms with Crippen LogP contribution < -0.4 is 10.1 Å². The Bertz CT molecular complexity index is 588. The molecule has 1 aromatic carbocycles. The average molecular weight is 297 g/mol. The van der Waals surface area contributed by atoms with E-state index in [0.717, 1.165) is 37.7 Å². The van der Waals surface area contributed by atoms with E-state index in [2.05, 4.69) is 33.4 Å². The van der Waals surface area contributed by atoms with E-state index >= 15 is 0 Å². The molecule has 22 heavy (non-hydrogen) atoms. The van der Waals surface area contributed by atoms with Gasteiger partial charge in [-0.25, -0.2) is 4.98 Å². The zero-order valence-electron chi connectivity index (χ0n) is 13.0. The fourth-order valence-electron chi connectivity index (χ4n) is 3.10. The predicted octanol–water partition coefficient (Wildman–Crippen LogP) is 2.99. The summed E-state index contributed by atoms with van der Waals surface area (Å²) in [5.74, 6) is 2.54. The van der Waals surface area contributed by atoms with Crippen molar-refractivity contribution >= 4 is 5.82 Å². The van der Waals surface area contributed by atoms with Crippen molar-refractivity contribution in [1.29, 1.82) is 0 Å². The van der Waals surface area contributed by atoms with E-state index in [1.54, 1.807) is 7.11 Å². The van der Waals surface area contributed by atoms with Crippen LogP contribution in [-0.2, 0) is 0 Å². The monoisotopic (exact) mass is 297 g/mol. The van der Waals surface area contributed by atoms with Crippen molar-refractivity contribution in [2.24, 2.45) is 0 Å². The zero-order chi connectivity index (χ0) is 15.2. The number of nitrogens with zero attached hydrogens (tertiary/aromatic N) is 2. The Balaban J connectivity index is 1.50. The number of rotatable bonds is 6. The van der Waals surface area contributed by atoms with Crippen molar-refractivity contribution in [3.63, 3.8) is 0 Å². The molecule has 1 atom stereocenters. The number of para-hydroxylation sites is 1. The lowest BCUT2D eigenvalue weighted by Gasteiger charge is -2.18. The minimum atomic E-state index is 0.575. The molecule has 0 aliphatic carbocycles. The van der Waals surface area contributed by atoms with Crippen LogP contribution in [0.3, 0.4) is 0 Å². The van der Waals surface area contributed by atoms with Crippen LogP contribution in [0.25, 0.3) is 0 Å². The lowest BCUT2D eigenvalue weighted by Crippen LogP contribution is -2.27. The Labute approximate surface area is 132 Å². The molecule has 1 aliphatic heterocycles. The summed E-state index contributed by atoms with van der Waals surface area (Å²) in [7, 11) is 1.75.